The van der Waals surface area contributed by atoms with Crippen molar-refractivity contribution in [3.63, 3.8) is 0 Å². The Hall–Kier alpha value is -2.99. The average molecular weight is 370 g/mol. The van der Waals surface area contributed by atoms with Crippen LogP contribution in [0.15, 0.2) is 66.7 Å². The van der Waals surface area contributed by atoms with Crippen molar-refractivity contribution in [3.05, 3.63) is 72.3 Å². The summed E-state index contributed by atoms with van der Waals surface area (Å²) in [7, 11) is 1.87. The number of alkyl halides is 2. The Labute approximate surface area is 156 Å². The van der Waals surface area contributed by atoms with Gasteiger partial charge in [0, 0.05) is 12.2 Å². The number of halogens is 2. The highest BCUT2D eigenvalue weighted by atomic mass is 19.3. The number of carbonyl (C=O) groups excluding carboxylic acids is 1. The van der Waals surface area contributed by atoms with Gasteiger partial charge in [0.05, 0.1) is 6.54 Å². The first-order chi connectivity index (χ1) is 13.0. The number of benzene rings is 3. The largest absolute Gasteiger partial charge is 0.435 e. The van der Waals surface area contributed by atoms with Gasteiger partial charge in [0.25, 0.3) is 0 Å². The predicted octanol–water partition coefficient (Wildman–Crippen LogP) is 4.51. The molecule has 0 unspecified atom stereocenters. The zero-order valence-corrected chi connectivity index (χ0v) is 14.9. The number of nitrogens with one attached hydrogen (secondary N) is 1. The van der Waals surface area contributed by atoms with Gasteiger partial charge in [0.15, 0.2) is 0 Å². The molecule has 0 spiro atoms. The van der Waals surface area contributed by atoms with Crippen molar-refractivity contribution in [1.29, 1.82) is 0 Å². The zero-order chi connectivity index (χ0) is 19.2. The number of hydrogen-bond acceptors (Lipinski definition) is 3. The van der Waals surface area contributed by atoms with E-state index in [1.165, 1.54) is 35.0 Å². The fourth-order valence-corrected chi connectivity index (χ4v) is 2.87. The van der Waals surface area contributed by atoms with Crippen LogP contribution < -0.4 is 10.1 Å². The predicted molar refractivity (Wildman–Crippen MR) is 102 cm³/mol. The summed E-state index contributed by atoms with van der Waals surface area (Å²) in [6.45, 7) is -2.02. The average Bonchev–Trinajstić information content (AvgIpc) is 2.62. The summed E-state index contributed by atoms with van der Waals surface area (Å²) in [5, 5.41) is 5.09. The Morgan fingerprint density at radius 1 is 1.04 bits per heavy atom. The minimum absolute atomic E-state index is 0.0522. The summed E-state index contributed by atoms with van der Waals surface area (Å²) in [6.07, 6.45) is 0. The number of amides is 1. The number of hydrogen-bond donors (Lipinski definition) is 1. The van der Waals surface area contributed by atoms with Gasteiger partial charge >= 0.3 is 6.61 Å². The fourth-order valence-electron chi connectivity index (χ4n) is 2.87. The molecule has 1 amide bonds. The molecule has 0 aliphatic rings. The van der Waals surface area contributed by atoms with E-state index in [0.29, 0.717) is 12.2 Å². The molecule has 0 aliphatic carbocycles. The van der Waals surface area contributed by atoms with Gasteiger partial charge in [0.1, 0.15) is 5.75 Å². The van der Waals surface area contributed by atoms with Gasteiger partial charge in [-0.1, -0.05) is 36.4 Å². The number of rotatable bonds is 7. The summed E-state index contributed by atoms with van der Waals surface area (Å²) < 4.78 is 28.6. The lowest BCUT2D eigenvalue weighted by Crippen LogP contribution is -2.29. The van der Waals surface area contributed by atoms with Crippen molar-refractivity contribution in [3.8, 4) is 5.75 Å². The van der Waals surface area contributed by atoms with Crippen LogP contribution in [0, 0.1) is 0 Å². The van der Waals surface area contributed by atoms with Crippen molar-refractivity contribution >= 4 is 22.4 Å². The van der Waals surface area contributed by atoms with Gasteiger partial charge in [-0.3, -0.25) is 9.69 Å². The molecule has 0 aromatic heterocycles. The third-order valence-electron chi connectivity index (χ3n) is 4.04. The normalized spacial score (nSPS) is 11.1. The molecular weight excluding hydrogens is 350 g/mol. The summed E-state index contributed by atoms with van der Waals surface area (Å²) >= 11 is 0. The Bertz CT molecular complexity index is 913. The van der Waals surface area contributed by atoms with E-state index in [-0.39, 0.29) is 18.2 Å². The molecular formula is C21H20F2N2O2. The van der Waals surface area contributed by atoms with Crippen LogP contribution >= 0.6 is 0 Å². The van der Waals surface area contributed by atoms with Gasteiger partial charge in [0.2, 0.25) is 5.91 Å². The molecule has 0 radical (unpaired) electrons. The summed E-state index contributed by atoms with van der Waals surface area (Å²) in [6, 6.07) is 20.2. The monoisotopic (exact) mass is 370 g/mol. The molecule has 0 fully saturated rings. The van der Waals surface area contributed by atoms with Crippen molar-refractivity contribution in [2.75, 3.05) is 18.9 Å². The molecule has 1 N–H and O–H groups in total. The number of likely N-dealkylation sites (N-methyl/N-ethyl adjacent to an activating group) is 1. The van der Waals surface area contributed by atoms with E-state index < -0.39 is 6.61 Å². The first-order valence-electron chi connectivity index (χ1n) is 8.50. The van der Waals surface area contributed by atoms with Gasteiger partial charge in [-0.25, -0.2) is 0 Å². The Morgan fingerprint density at radius 3 is 2.44 bits per heavy atom. The second-order valence-corrected chi connectivity index (χ2v) is 6.30. The highest BCUT2D eigenvalue weighted by Crippen LogP contribution is 2.18. The van der Waals surface area contributed by atoms with Crippen LogP contribution in [0.4, 0.5) is 14.5 Å². The number of nitrogens with zero attached hydrogens (tertiary/aromatic N) is 1. The van der Waals surface area contributed by atoms with Crippen LogP contribution in [0.1, 0.15) is 5.56 Å². The van der Waals surface area contributed by atoms with Crippen LogP contribution in [0.5, 0.6) is 5.75 Å². The molecule has 3 aromatic rings. The van der Waals surface area contributed by atoms with Crippen LogP contribution in [-0.2, 0) is 11.3 Å². The second-order valence-electron chi connectivity index (χ2n) is 6.30. The molecule has 27 heavy (non-hydrogen) atoms. The van der Waals surface area contributed by atoms with Crippen LogP contribution in [0.3, 0.4) is 0 Å². The highest BCUT2D eigenvalue weighted by molar-refractivity contribution is 5.92. The summed E-state index contributed by atoms with van der Waals surface area (Å²) in [4.78, 5) is 14.1. The van der Waals surface area contributed by atoms with Gasteiger partial charge in [-0.05, 0) is 53.7 Å². The molecule has 3 rings (SSSR count). The number of carbonyl (C=O) groups is 1. The number of anilines is 1. The second kappa shape index (κ2) is 8.60. The van der Waals surface area contributed by atoms with Crippen molar-refractivity contribution in [2.24, 2.45) is 0 Å². The summed E-state index contributed by atoms with van der Waals surface area (Å²) in [5.41, 5.74) is 1.65. The van der Waals surface area contributed by atoms with Gasteiger partial charge in [-0.15, -0.1) is 0 Å². The minimum atomic E-state index is -2.87. The van der Waals surface area contributed by atoms with Crippen molar-refractivity contribution in [2.45, 2.75) is 13.2 Å². The maximum Gasteiger partial charge on any atom is 0.387 e. The van der Waals surface area contributed by atoms with E-state index in [4.69, 9.17) is 0 Å². The molecule has 0 saturated heterocycles. The molecule has 0 aliphatic heterocycles. The van der Waals surface area contributed by atoms with E-state index >= 15 is 0 Å². The smallest absolute Gasteiger partial charge is 0.387 e. The van der Waals surface area contributed by atoms with Gasteiger partial charge < -0.3 is 10.1 Å². The van der Waals surface area contributed by atoms with Crippen LogP contribution in [0.25, 0.3) is 10.8 Å². The third kappa shape index (κ3) is 5.49. The topological polar surface area (TPSA) is 41.6 Å². The standard InChI is InChI=1S/C21H20F2N2O2/c1-25(13-15-6-7-16-4-2-3-5-17(16)12-15)14-20(26)24-18-8-10-19(11-9-18)27-21(22)23/h2-12,21H,13-14H2,1H3,(H,24,26). The van der Waals surface area contributed by atoms with E-state index in [1.54, 1.807) is 0 Å². The highest BCUT2D eigenvalue weighted by Gasteiger charge is 2.09. The van der Waals surface area contributed by atoms with E-state index in [2.05, 4.69) is 40.4 Å². The lowest BCUT2D eigenvalue weighted by atomic mass is 10.1. The SMILES string of the molecule is CN(CC(=O)Nc1ccc(OC(F)F)cc1)Cc1ccc2ccccc2c1. The lowest BCUT2D eigenvalue weighted by molar-refractivity contribution is -0.117. The molecule has 0 atom stereocenters. The number of fused-ring (bicyclic) bond motifs is 1. The molecule has 0 saturated carbocycles. The van der Waals surface area contributed by atoms with E-state index in [9.17, 15) is 13.6 Å². The molecule has 3 aromatic carbocycles. The van der Waals surface area contributed by atoms with Crippen molar-refractivity contribution in [1.82, 2.24) is 4.90 Å². The Kier molecular flexibility index (Phi) is 5.98. The van der Waals surface area contributed by atoms with E-state index in [1.807, 2.05) is 24.1 Å². The fraction of sp³-hybridized carbons (Fsp3) is 0.190. The first-order valence-corrected chi connectivity index (χ1v) is 8.50. The van der Waals surface area contributed by atoms with Crippen LogP contribution in [-0.4, -0.2) is 31.0 Å². The Morgan fingerprint density at radius 2 is 1.74 bits per heavy atom. The van der Waals surface area contributed by atoms with Crippen molar-refractivity contribution < 1.29 is 18.3 Å². The molecule has 0 bridgehead atoms. The molecule has 140 valence electrons. The van der Waals surface area contributed by atoms with E-state index in [0.717, 1.165) is 5.56 Å². The third-order valence-corrected chi connectivity index (χ3v) is 4.04. The molecule has 4 nitrogen and oxygen atoms in total. The molecule has 0 heterocycles. The molecule has 6 heteroatoms. The maximum absolute atomic E-state index is 12.2. The maximum atomic E-state index is 12.2. The quantitative estimate of drug-likeness (QED) is 0.665. The Balaban J connectivity index is 1.53. The van der Waals surface area contributed by atoms with Gasteiger partial charge in [-0.2, -0.15) is 8.78 Å². The first kappa shape index (κ1) is 18.8. The number of ether oxygens (including phenoxy) is 1. The lowest BCUT2D eigenvalue weighted by Gasteiger charge is -2.17. The minimum Gasteiger partial charge on any atom is -0.435 e. The summed E-state index contributed by atoms with van der Waals surface area (Å²) in [5.74, 6) is -0.128. The van der Waals surface area contributed by atoms with Crippen LogP contribution in [0.2, 0.25) is 0 Å². The zero-order valence-electron chi connectivity index (χ0n) is 14.9.